The Kier molecular flexibility index (Phi) is 7.64. The van der Waals surface area contributed by atoms with Crippen LogP contribution in [0, 0.1) is 0 Å². The lowest BCUT2D eigenvalue weighted by molar-refractivity contribution is -0.306. The zero-order chi connectivity index (χ0) is 28.5. The third-order valence-corrected chi connectivity index (χ3v) is 7.28. The summed E-state index contributed by atoms with van der Waals surface area (Å²) < 4.78 is 27.9. The second kappa shape index (κ2) is 11.0. The topological polar surface area (TPSA) is 141 Å². The van der Waals surface area contributed by atoms with Gasteiger partial charge in [0.25, 0.3) is 17.7 Å². The number of hydrogen-bond donors (Lipinski definition) is 0. The molecule has 4 aliphatic heterocycles. The van der Waals surface area contributed by atoms with E-state index in [0.717, 1.165) is 29.2 Å². The molecule has 40 heavy (non-hydrogen) atoms. The maximum atomic E-state index is 14.5. The average Bonchev–Trinajstić information content (AvgIpc) is 3.08. The van der Waals surface area contributed by atoms with Gasteiger partial charge in [-0.15, -0.1) is 0 Å². The molecule has 1 aromatic carbocycles. The number of ether oxygens (including phenoxy) is 5. The van der Waals surface area contributed by atoms with Crippen molar-refractivity contribution >= 4 is 47.1 Å². The molecule has 0 bridgehead atoms. The van der Waals surface area contributed by atoms with Crippen molar-refractivity contribution in [3.05, 3.63) is 53.6 Å². The second-order valence-corrected chi connectivity index (χ2v) is 9.91. The van der Waals surface area contributed by atoms with Gasteiger partial charge in [-0.05, 0) is 24.3 Å². The lowest BCUT2D eigenvalue weighted by Gasteiger charge is -2.45. The summed E-state index contributed by atoms with van der Waals surface area (Å²) in [6.45, 7) is 2.93. The number of rotatable bonds is 6. The molecule has 0 saturated carbocycles. The number of esters is 4. The molecule has 2 unspecified atom stereocenters. The molecule has 3 atom stereocenters. The number of hydrogen-bond acceptors (Lipinski definition) is 12. The Morgan fingerprint density at radius 2 is 1.38 bits per heavy atom. The molecule has 1 spiro atoms. The number of carbonyl (C=O) groups excluding carboxylic acids is 5. The first-order chi connectivity index (χ1) is 19.2. The van der Waals surface area contributed by atoms with Crippen molar-refractivity contribution in [2.75, 3.05) is 57.9 Å². The Morgan fingerprint density at radius 1 is 0.825 bits per heavy atom. The van der Waals surface area contributed by atoms with E-state index in [1.807, 2.05) is 4.90 Å². The number of nitrogens with zero attached hydrogens (tertiary/aromatic N) is 3. The van der Waals surface area contributed by atoms with Gasteiger partial charge in [0.05, 0.1) is 13.2 Å². The molecule has 2 saturated heterocycles. The van der Waals surface area contributed by atoms with Crippen molar-refractivity contribution < 1.29 is 47.7 Å². The number of benzene rings is 1. The van der Waals surface area contributed by atoms with Gasteiger partial charge >= 0.3 is 29.7 Å². The number of halogens is 1. The van der Waals surface area contributed by atoms with Crippen LogP contribution in [0.25, 0.3) is 0 Å². The summed E-state index contributed by atoms with van der Waals surface area (Å²) in [4.78, 5) is 70.8. The van der Waals surface area contributed by atoms with Crippen LogP contribution >= 0.6 is 11.6 Å². The van der Waals surface area contributed by atoms with Crippen molar-refractivity contribution in [1.82, 2.24) is 9.80 Å². The predicted molar refractivity (Wildman–Crippen MR) is 136 cm³/mol. The molecular formula is C26H26ClN3O10. The summed E-state index contributed by atoms with van der Waals surface area (Å²) in [5.41, 5.74) is -2.30. The van der Waals surface area contributed by atoms with Crippen LogP contribution in [0.4, 0.5) is 5.69 Å². The SMILES string of the molecule is COCCN1CCN(C[C@@]23OC(=O)/C=C/C(=O)OC24OC(=O)/C=C/C(=O)OC4N(c2ccc(Cl)cc2)C3=O)CC1. The Hall–Kier alpha value is -3.78. The highest BCUT2D eigenvalue weighted by Gasteiger charge is 2.80. The minimum absolute atomic E-state index is 0.155. The fraction of sp³-hybridized carbons (Fsp3) is 0.423. The largest absolute Gasteiger partial charge is 0.435 e. The summed E-state index contributed by atoms with van der Waals surface area (Å²) in [6, 6.07) is 5.89. The number of methoxy groups -OCH3 is 1. The lowest BCUT2D eigenvalue weighted by atomic mass is 9.91. The number of amides is 1. The standard InChI is InChI=1S/C26H26ClN3O10/c1-36-15-14-28-10-12-29(13-11-28)16-25-23(35)30(18-4-2-17(27)3-5-18)24-26(25,39-21(33)7-6-19(31)37-24)40-22(34)9-8-20(32)38-25/h2-9,24H,10-16H2,1H3/b7-6+,9-8+/t24?,25-,26?/m0/s1. The first-order valence-electron chi connectivity index (χ1n) is 12.5. The summed E-state index contributed by atoms with van der Waals surface area (Å²) >= 11 is 6.05. The van der Waals surface area contributed by atoms with Gasteiger partial charge in [-0.2, -0.15) is 0 Å². The van der Waals surface area contributed by atoms with E-state index in [9.17, 15) is 24.0 Å². The minimum Gasteiger partial charge on any atom is -0.435 e. The molecule has 1 aromatic rings. The zero-order valence-corrected chi connectivity index (χ0v) is 22.2. The highest BCUT2D eigenvalue weighted by molar-refractivity contribution is 6.30. The van der Waals surface area contributed by atoms with E-state index in [0.29, 0.717) is 44.4 Å². The molecule has 0 aromatic heterocycles. The van der Waals surface area contributed by atoms with Crippen LogP contribution in [0.15, 0.2) is 48.6 Å². The van der Waals surface area contributed by atoms with E-state index >= 15 is 0 Å². The molecular weight excluding hydrogens is 550 g/mol. The monoisotopic (exact) mass is 575 g/mol. The quantitative estimate of drug-likeness (QED) is 0.333. The van der Waals surface area contributed by atoms with Crippen molar-refractivity contribution in [3.8, 4) is 0 Å². The maximum absolute atomic E-state index is 14.5. The van der Waals surface area contributed by atoms with Crippen LogP contribution in [-0.4, -0.2) is 110 Å². The summed E-state index contributed by atoms with van der Waals surface area (Å²) in [5, 5.41) is 0.350. The van der Waals surface area contributed by atoms with E-state index in [-0.39, 0.29) is 12.2 Å². The smallest absolute Gasteiger partial charge is 0.365 e. The summed E-state index contributed by atoms with van der Waals surface area (Å²) in [5.74, 6) is -7.94. The van der Waals surface area contributed by atoms with Crippen LogP contribution in [0.1, 0.15) is 0 Å². The fourth-order valence-corrected chi connectivity index (χ4v) is 5.24. The first-order valence-corrected chi connectivity index (χ1v) is 12.8. The molecule has 0 radical (unpaired) electrons. The van der Waals surface area contributed by atoms with Crippen LogP contribution in [0.2, 0.25) is 5.02 Å². The van der Waals surface area contributed by atoms with E-state index in [2.05, 4.69) is 4.90 Å². The van der Waals surface area contributed by atoms with Gasteiger partial charge in [-0.25, -0.2) is 19.2 Å². The third-order valence-electron chi connectivity index (χ3n) is 7.03. The van der Waals surface area contributed by atoms with Gasteiger partial charge < -0.3 is 23.7 Å². The van der Waals surface area contributed by atoms with Gasteiger partial charge in [0, 0.05) is 74.8 Å². The maximum Gasteiger partial charge on any atom is 0.365 e. The Bertz CT molecular complexity index is 1260. The fourth-order valence-electron chi connectivity index (χ4n) is 5.12. The molecule has 4 aliphatic rings. The van der Waals surface area contributed by atoms with E-state index in [4.69, 9.17) is 35.3 Å². The van der Waals surface area contributed by atoms with Crippen molar-refractivity contribution in [1.29, 1.82) is 0 Å². The summed E-state index contributed by atoms with van der Waals surface area (Å²) in [7, 11) is 1.61. The molecule has 0 aliphatic carbocycles. The highest BCUT2D eigenvalue weighted by Crippen LogP contribution is 2.49. The van der Waals surface area contributed by atoms with Crippen molar-refractivity contribution in [2.24, 2.45) is 0 Å². The molecule has 5 rings (SSSR count). The Morgan fingerprint density at radius 3 is 1.98 bits per heavy atom. The van der Waals surface area contributed by atoms with Crippen LogP contribution in [0.3, 0.4) is 0 Å². The van der Waals surface area contributed by atoms with Crippen LogP contribution in [0.5, 0.6) is 0 Å². The molecule has 4 heterocycles. The van der Waals surface area contributed by atoms with Crippen molar-refractivity contribution in [3.63, 3.8) is 0 Å². The molecule has 14 heteroatoms. The van der Waals surface area contributed by atoms with E-state index < -0.39 is 47.4 Å². The first kappa shape index (κ1) is 27.8. The number of carbonyl (C=O) groups is 5. The Balaban J connectivity index is 1.64. The van der Waals surface area contributed by atoms with Gasteiger partial charge in [0.15, 0.2) is 0 Å². The third kappa shape index (κ3) is 4.96. The van der Waals surface area contributed by atoms with Crippen molar-refractivity contribution in [2.45, 2.75) is 17.6 Å². The number of anilines is 1. The normalized spacial score (nSPS) is 30.9. The average molecular weight is 576 g/mol. The van der Waals surface area contributed by atoms with Gasteiger partial charge in [-0.1, -0.05) is 11.6 Å². The molecule has 1 amide bonds. The van der Waals surface area contributed by atoms with Gasteiger partial charge in [0.2, 0.25) is 0 Å². The molecule has 212 valence electrons. The number of piperazine rings is 1. The van der Waals surface area contributed by atoms with Crippen LogP contribution in [-0.2, 0) is 47.7 Å². The highest BCUT2D eigenvalue weighted by atomic mass is 35.5. The molecule has 0 N–H and O–H groups in total. The Labute approximate surface area is 233 Å². The van der Waals surface area contributed by atoms with E-state index in [1.165, 1.54) is 24.3 Å². The van der Waals surface area contributed by atoms with Crippen LogP contribution < -0.4 is 4.90 Å². The van der Waals surface area contributed by atoms with Gasteiger partial charge in [-0.3, -0.25) is 19.5 Å². The van der Waals surface area contributed by atoms with E-state index in [1.54, 1.807) is 7.11 Å². The molecule has 13 nitrogen and oxygen atoms in total. The predicted octanol–water partition coefficient (Wildman–Crippen LogP) is 0.0242. The lowest BCUT2D eigenvalue weighted by Crippen LogP contribution is -2.70. The zero-order valence-electron chi connectivity index (χ0n) is 21.4. The second-order valence-electron chi connectivity index (χ2n) is 9.48. The van der Waals surface area contributed by atoms with Gasteiger partial charge in [0.1, 0.15) is 0 Å². The summed E-state index contributed by atoms with van der Waals surface area (Å²) in [6.07, 6.45) is 1.31. The molecule has 2 fully saturated rings. The minimum atomic E-state index is -2.70.